The molecule has 136 valence electrons. The summed E-state index contributed by atoms with van der Waals surface area (Å²) in [4.78, 5) is 36.8. The van der Waals surface area contributed by atoms with E-state index in [1.807, 2.05) is 30.3 Å². The molecule has 8 heteroatoms. The van der Waals surface area contributed by atoms with Crippen LogP contribution < -0.4 is 10.6 Å². The number of benzene rings is 1. The van der Waals surface area contributed by atoms with E-state index in [1.165, 1.54) is 4.90 Å². The maximum Gasteiger partial charge on any atom is 0.331 e. The third-order valence-corrected chi connectivity index (χ3v) is 4.05. The van der Waals surface area contributed by atoms with Gasteiger partial charge in [-0.25, -0.2) is 9.59 Å². The Morgan fingerprint density at radius 2 is 2.00 bits per heavy atom. The predicted molar refractivity (Wildman–Crippen MR) is 89.9 cm³/mol. The van der Waals surface area contributed by atoms with Gasteiger partial charge in [0.25, 0.3) is 0 Å². The standard InChI is InChI=1S/C17H23N3O5/c1-20(11-13-5-3-2-4-6-13)16(24)18-9-7-14(21)19-17(15(22)23)8-10-25-12-17/h2-6H,7-12H2,1H3,(H,18,24)(H,19,21)(H,22,23). The van der Waals surface area contributed by atoms with E-state index in [1.54, 1.807) is 7.05 Å². The van der Waals surface area contributed by atoms with Gasteiger partial charge in [0.1, 0.15) is 0 Å². The Balaban J connectivity index is 1.73. The van der Waals surface area contributed by atoms with Gasteiger partial charge < -0.3 is 25.4 Å². The summed E-state index contributed by atoms with van der Waals surface area (Å²) in [6.45, 7) is 0.840. The quantitative estimate of drug-likeness (QED) is 0.667. The number of carboxylic acids is 1. The predicted octanol–water partition coefficient (Wildman–Crippen LogP) is 0.578. The van der Waals surface area contributed by atoms with Crippen molar-refractivity contribution in [3.63, 3.8) is 0 Å². The lowest BCUT2D eigenvalue weighted by Crippen LogP contribution is -2.55. The third-order valence-electron chi connectivity index (χ3n) is 4.05. The highest BCUT2D eigenvalue weighted by molar-refractivity contribution is 5.87. The van der Waals surface area contributed by atoms with Crippen LogP contribution in [0.15, 0.2) is 30.3 Å². The molecule has 1 aromatic rings. The molecule has 1 saturated heterocycles. The van der Waals surface area contributed by atoms with Crippen LogP contribution in [-0.4, -0.2) is 60.3 Å². The minimum Gasteiger partial charge on any atom is -0.479 e. The van der Waals surface area contributed by atoms with Crippen LogP contribution >= 0.6 is 0 Å². The van der Waals surface area contributed by atoms with Crippen molar-refractivity contribution >= 4 is 17.9 Å². The number of rotatable bonds is 7. The zero-order valence-corrected chi connectivity index (χ0v) is 14.2. The van der Waals surface area contributed by atoms with Gasteiger partial charge in [0.15, 0.2) is 5.54 Å². The molecule has 1 aliphatic rings. The van der Waals surface area contributed by atoms with Crippen LogP contribution in [0.5, 0.6) is 0 Å². The molecule has 0 saturated carbocycles. The number of nitrogens with one attached hydrogen (secondary N) is 2. The van der Waals surface area contributed by atoms with Crippen molar-refractivity contribution in [1.82, 2.24) is 15.5 Å². The molecule has 2 rings (SSSR count). The van der Waals surface area contributed by atoms with Gasteiger partial charge in [-0.05, 0) is 5.56 Å². The minimum atomic E-state index is -1.36. The Morgan fingerprint density at radius 1 is 1.28 bits per heavy atom. The first-order chi connectivity index (χ1) is 11.9. The first-order valence-corrected chi connectivity index (χ1v) is 8.08. The van der Waals surface area contributed by atoms with Gasteiger partial charge in [0, 0.05) is 39.6 Å². The van der Waals surface area contributed by atoms with E-state index in [9.17, 15) is 19.5 Å². The summed E-state index contributed by atoms with van der Waals surface area (Å²) in [7, 11) is 1.66. The van der Waals surface area contributed by atoms with Crippen molar-refractivity contribution in [1.29, 1.82) is 0 Å². The van der Waals surface area contributed by atoms with Crippen molar-refractivity contribution in [3.05, 3.63) is 35.9 Å². The average Bonchev–Trinajstić information content (AvgIpc) is 3.05. The van der Waals surface area contributed by atoms with Crippen LogP contribution in [0.2, 0.25) is 0 Å². The Bertz CT molecular complexity index is 614. The Labute approximate surface area is 146 Å². The second-order valence-corrected chi connectivity index (χ2v) is 6.06. The second kappa shape index (κ2) is 8.48. The van der Waals surface area contributed by atoms with E-state index >= 15 is 0 Å². The average molecular weight is 349 g/mol. The molecule has 0 aliphatic carbocycles. The Morgan fingerprint density at radius 3 is 2.60 bits per heavy atom. The van der Waals surface area contributed by atoms with Crippen LogP contribution in [0.4, 0.5) is 4.79 Å². The van der Waals surface area contributed by atoms with E-state index in [2.05, 4.69) is 10.6 Å². The first-order valence-electron chi connectivity index (χ1n) is 8.08. The highest BCUT2D eigenvalue weighted by atomic mass is 16.5. The number of aliphatic carboxylic acids is 1. The molecule has 25 heavy (non-hydrogen) atoms. The zero-order chi connectivity index (χ0) is 18.3. The number of urea groups is 1. The molecule has 0 bridgehead atoms. The van der Waals surface area contributed by atoms with Gasteiger partial charge in [-0.2, -0.15) is 0 Å². The summed E-state index contributed by atoms with van der Waals surface area (Å²) in [6.07, 6.45) is 0.236. The Kier molecular flexibility index (Phi) is 6.35. The van der Waals surface area contributed by atoms with Crippen molar-refractivity contribution in [3.8, 4) is 0 Å². The van der Waals surface area contributed by atoms with E-state index in [0.29, 0.717) is 13.2 Å². The molecule has 0 radical (unpaired) electrons. The molecular weight excluding hydrogens is 326 g/mol. The molecule has 1 heterocycles. The van der Waals surface area contributed by atoms with Crippen LogP contribution in [0.1, 0.15) is 18.4 Å². The minimum absolute atomic E-state index is 0.0000526. The molecule has 8 nitrogen and oxygen atoms in total. The van der Waals surface area contributed by atoms with Gasteiger partial charge in [-0.1, -0.05) is 30.3 Å². The number of hydrogen-bond donors (Lipinski definition) is 3. The summed E-state index contributed by atoms with van der Waals surface area (Å²) in [5.41, 5.74) is -0.354. The molecule has 1 aliphatic heterocycles. The summed E-state index contributed by atoms with van der Waals surface area (Å²) in [6, 6.07) is 9.25. The van der Waals surface area contributed by atoms with Crippen molar-refractivity contribution in [2.45, 2.75) is 24.9 Å². The van der Waals surface area contributed by atoms with Gasteiger partial charge >= 0.3 is 12.0 Å². The van der Waals surface area contributed by atoms with E-state index in [0.717, 1.165) is 5.56 Å². The fraction of sp³-hybridized carbons (Fsp3) is 0.471. The number of carbonyl (C=O) groups is 3. The van der Waals surface area contributed by atoms with Crippen molar-refractivity contribution in [2.75, 3.05) is 26.8 Å². The molecule has 1 aromatic carbocycles. The summed E-state index contributed by atoms with van der Waals surface area (Å²) in [5, 5.41) is 14.4. The van der Waals surface area contributed by atoms with Crippen LogP contribution in [0, 0.1) is 0 Å². The molecule has 1 fully saturated rings. The first kappa shape index (κ1) is 18.7. The molecule has 1 atom stereocenters. The zero-order valence-electron chi connectivity index (χ0n) is 14.2. The molecule has 0 spiro atoms. The second-order valence-electron chi connectivity index (χ2n) is 6.06. The number of hydrogen-bond acceptors (Lipinski definition) is 4. The molecular formula is C17H23N3O5. The molecule has 3 N–H and O–H groups in total. The fourth-order valence-electron chi connectivity index (χ4n) is 2.56. The van der Waals surface area contributed by atoms with Crippen LogP contribution in [-0.2, 0) is 20.9 Å². The van der Waals surface area contributed by atoms with Crippen molar-refractivity contribution < 1.29 is 24.2 Å². The fourth-order valence-corrected chi connectivity index (χ4v) is 2.56. The molecule has 3 amide bonds. The number of ether oxygens (including phenoxy) is 1. The van der Waals surface area contributed by atoms with Crippen LogP contribution in [0.25, 0.3) is 0 Å². The number of carbonyl (C=O) groups excluding carboxylic acids is 2. The monoisotopic (exact) mass is 349 g/mol. The number of carboxylic acid groups (broad SMARTS) is 1. The van der Waals surface area contributed by atoms with Gasteiger partial charge in [0.2, 0.25) is 5.91 Å². The lowest BCUT2D eigenvalue weighted by molar-refractivity contribution is -0.147. The maximum absolute atomic E-state index is 12.0. The normalized spacial score (nSPS) is 19.2. The van der Waals surface area contributed by atoms with Crippen molar-refractivity contribution in [2.24, 2.45) is 0 Å². The Hall–Kier alpha value is -2.61. The SMILES string of the molecule is CN(Cc1ccccc1)C(=O)NCCC(=O)NC1(C(=O)O)CCOC1. The highest BCUT2D eigenvalue weighted by Gasteiger charge is 2.43. The van der Waals surface area contributed by atoms with Gasteiger partial charge in [-0.15, -0.1) is 0 Å². The van der Waals surface area contributed by atoms with Gasteiger partial charge in [-0.3, -0.25) is 4.79 Å². The third kappa shape index (κ3) is 5.18. The largest absolute Gasteiger partial charge is 0.479 e. The summed E-state index contributed by atoms with van der Waals surface area (Å²) < 4.78 is 5.08. The smallest absolute Gasteiger partial charge is 0.331 e. The summed E-state index contributed by atoms with van der Waals surface area (Å²) >= 11 is 0. The lowest BCUT2D eigenvalue weighted by Gasteiger charge is -2.24. The number of amides is 3. The van der Waals surface area contributed by atoms with E-state index < -0.39 is 17.4 Å². The maximum atomic E-state index is 12.0. The van der Waals surface area contributed by atoms with Crippen LogP contribution in [0.3, 0.4) is 0 Å². The van der Waals surface area contributed by atoms with Gasteiger partial charge in [0.05, 0.1) is 6.61 Å². The lowest BCUT2D eigenvalue weighted by atomic mass is 9.99. The highest BCUT2D eigenvalue weighted by Crippen LogP contribution is 2.19. The topological polar surface area (TPSA) is 108 Å². The van der Waals surface area contributed by atoms with E-state index in [4.69, 9.17) is 4.74 Å². The summed E-state index contributed by atoms with van der Waals surface area (Å²) in [5.74, 6) is -1.54. The van der Waals surface area contributed by atoms with E-state index in [-0.39, 0.29) is 32.0 Å². The molecule has 0 aromatic heterocycles. The number of nitrogens with zero attached hydrogens (tertiary/aromatic N) is 1. The molecule has 1 unspecified atom stereocenters.